The lowest BCUT2D eigenvalue weighted by molar-refractivity contribution is -0.119. The summed E-state index contributed by atoms with van der Waals surface area (Å²) in [5.74, 6) is -0.222. The molecule has 0 spiro atoms. The number of carbonyl (C=O) groups is 1. The average Bonchev–Trinajstić information content (AvgIpc) is 3.10. The van der Waals surface area contributed by atoms with Gasteiger partial charge in [0.1, 0.15) is 5.65 Å². The lowest BCUT2D eigenvalue weighted by Gasteiger charge is -2.25. The zero-order valence-corrected chi connectivity index (χ0v) is 15.0. The first-order valence-corrected chi connectivity index (χ1v) is 8.60. The summed E-state index contributed by atoms with van der Waals surface area (Å²) in [4.78, 5) is 24.3. The summed E-state index contributed by atoms with van der Waals surface area (Å²) in [7, 11) is 0. The number of anilines is 1. The minimum atomic E-state index is -0.593. The summed E-state index contributed by atoms with van der Waals surface area (Å²) in [6.45, 7) is 7.80. The molecule has 4 N–H and O–H groups in total. The van der Waals surface area contributed by atoms with Crippen LogP contribution in [0.3, 0.4) is 0 Å². The van der Waals surface area contributed by atoms with E-state index in [4.69, 9.17) is 5.73 Å². The summed E-state index contributed by atoms with van der Waals surface area (Å²) < 4.78 is 0. The van der Waals surface area contributed by atoms with Crippen molar-refractivity contribution in [2.45, 2.75) is 33.7 Å². The zero-order chi connectivity index (χ0) is 17.5. The van der Waals surface area contributed by atoms with Crippen LogP contribution in [0.2, 0.25) is 0 Å². The van der Waals surface area contributed by atoms with Crippen molar-refractivity contribution in [1.82, 2.24) is 15.0 Å². The van der Waals surface area contributed by atoms with E-state index in [9.17, 15) is 4.79 Å². The quantitative estimate of drug-likeness (QED) is 0.680. The van der Waals surface area contributed by atoms with Crippen molar-refractivity contribution in [2.24, 2.45) is 11.1 Å². The highest BCUT2D eigenvalue weighted by molar-refractivity contribution is 7.14. The molecule has 0 bridgehead atoms. The number of hydrogen-bond acceptors (Lipinski definition) is 5. The van der Waals surface area contributed by atoms with Gasteiger partial charge in [0, 0.05) is 28.2 Å². The van der Waals surface area contributed by atoms with Crippen molar-refractivity contribution in [3.05, 3.63) is 29.4 Å². The van der Waals surface area contributed by atoms with Gasteiger partial charge in [-0.25, -0.2) is 9.97 Å². The molecule has 126 valence electrons. The van der Waals surface area contributed by atoms with Gasteiger partial charge in [0.2, 0.25) is 5.91 Å². The van der Waals surface area contributed by atoms with E-state index in [1.165, 1.54) is 11.3 Å². The predicted molar refractivity (Wildman–Crippen MR) is 98.0 cm³/mol. The minimum Gasteiger partial charge on any atom is -0.344 e. The molecule has 24 heavy (non-hydrogen) atoms. The van der Waals surface area contributed by atoms with Crippen LogP contribution in [0.5, 0.6) is 0 Å². The number of pyridine rings is 1. The SMILES string of the molecule is Cc1cc2c(-c3csc(NC(=O)[C@H](N)C(C)(C)C)n3)ccnc2[nH]1. The van der Waals surface area contributed by atoms with Crippen molar-refractivity contribution in [3.63, 3.8) is 0 Å². The van der Waals surface area contributed by atoms with E-state index < -0.39 is 6.04 Å². The second-order valence-electron chi connectivity index (χ2n) is 6.94. The molecule has 3 rings (SSSR count). The Morgan fingerprint density at radius 3 is 2.88 bits per heavy atom. The number of nitrogens with one attached hydrogen (secondary N) is 2. The van der Waals surface area contributed by atoms with Crippen LogP contribution in [0, 0.1) is 12.3 Å². The Bertz CT molecular complexity index is 890. The maximum Gasteiger partial charge on any atom is 0.243 e. The summed E-state index contributed by atoms with van der Waals surface area (Å²) in [5, 5.41) is 6.30. The van der Waals surface area contributed by atoms with Crippen LogP contribution in [-0.4, -0.2) is 26.9 Å². The Morgan fingerprint density at radius 1 is 1.42 bits per heavy atom. The number of aryl methyl sites for hydroxylation is 1. The van der Waals surface area contributed by atoms with Crippen LogP contribution >= 0.6 is 11.3 Å². The third-order valence-corrected chi connectivity index (χ3v) is 4.65. The molecule has 0 saturated carbocycles. The first-order chi connectivity index (χ1) is 11.3. The molecule has 3 aromatic rings. The lowest BCUT2D eigenvalue weighted by Crippen LogP contribution is -2.45. The molecule has 3 aromatic heterocycles. The molecular weight excluding hydrogens is 322 g/mol. The van der Waals surface area contributed by atoms with Gasteiger partial charge in [-0.1, -0.05) is 20.8 Å². The predicted octanol–water partition coefficient (Wildman–Crippen LogP) is 3.31. The molecule has 0 saturated heterocycles. The zero-order valence-electron chi connectivity index (χ0n) is 14.2. The Hall–Kier alpha value is -2.25. The van der Waals surface area contributed by atoms with Crippen molar-refractivity contribution in [1.29, 1.82) is 0 Å². The highest BCUT2D eigenvalue weighted by Crippen LogP contribution is 2.30. The van der Waals surface area contributed by atoms with E-state index >= 15 is 0 Å². The summed E-state index contributed by atoms with van der Waals surface area (Å²) >= 11 is 1.39. The van der Waals surface area contributed by atoms with Gasteiger partial charge in [-0.05, 0) is 24.5 Å². The van der Waals surface area contributed by atoms with Crippen molar-refractivity contribution in [3.8, 4) is 11.3 Å². The Labute approximate surface area is 144 Å². The molecule has 0 unspecified atom stereocenters. The Kier molecular flexibility index (Phi) is 4.15. The molecule has 0 aromatic carbocycles. The third kappa shape index (κ3) is 3.18. The van der Waals surface area contributed by atoms with E-state index in [0.717, 1.165) is 28.0 Å². The maximum atomic E-state index is 12.2. The number of carbonyl (C=O) groups excluding carboxylic acids is 1. The highest BCUT2D eigenvalue weighted by atomic mass is 32.1. The second kappa shape index (κ2) is 5.99. The fraction of sp³-hybridized carbons (Fsp3) is 0.353. The molecule has 0 aliphatic carbocycles. The van der Waals surface area contributed by atoms with Crippen LogP contribution < -0.4 is 11.1 Å². The molecule has 7 heteroatoms. The van der Waals surface area contributed by atoms with Crippen molar-refractivity contribution in [2.75, 3.05) is 5.32 Å². The molecule has 1 amide bonds. The fourth-order valence-electron chi connectivity index (χ4n) is 2.41. The molecule has 0 aliphatic heterocycles. The fourth-order valence-corrected chi connectivity index (χ4v) is 3.13. The van der Waals surface area contributed by atoms with Crippen LogP contribution in [0.15, 0.2) is 23.7 Å². The number of nitrogens with two attached hydrogens (primary N) is 1. The Balaban J connectivity index is 1.87. The second-order valence-corrected chi connectivity index (χ2v) is 7.80. The minimum absolute atomic E-state index is 0.222. The van der Waals surface area contributed by atoms with Crippen LogP contribution in [0.4, 0.5) is 5.13 Å². The van der Waals surface area contributed by atoms with Crippen LogP contribution in [0.25, 0.3) is 22.3 Å². The monoisotopic (exact) mass is 343 g/mol. The number of aromatic amines is 1. The van der Waals surface area contributed by atoms with E-state index in [1.54, 1.807) is 6.20 Å². The van der Waals surface area contributed by atoms with Crippen LogP contribution in [-0.2, 0) is 4.79 Å². The number of amides is 1. The number of aromatic nitrogens is 3. The lowest BCUT2D eigenvalue weighted by atomic mass is 9.87. The van der Waals surface area contributed by atoms with Gasteiger partial charge in [0.15, 0.2) is 5.13 Å². The van der Waals surface area contributed by atoms with Gasteiger partial charge in [-0.3, -0.25) is 4.79 Å². The van der Waals surface area contributed by atoms with Gasteiger partial charge in [-0.2, -0.15) is 0 Å². The smallest absolute Gasteiger partial charge is 0.243 e. The number of H-pyrrole nitrogens is 1. The third-order valence-electron chi connectivity index (χ3n) is 3.89. The van der Waals surface area contributed by atoms with Gasteiger partial charge in [0.05, 0.1) is 11.7 Å². The number of nitrogens with zero attached hydrogens (tertiary/aromatic N) is 2. The summed E-state index contributed by atoms with van der Waals surface area (Å²) in [6, 6.07) is 3.38. The number of fused-ring (bicyclic) bond motifs is 1. The van der Waals surface area contributed by atoms with Crippen molar-refractivity contribution < 1.29 is 4.79 Å². The molecule has 0 radical (unpaired) electrons. The summed E-state index contributed by atoms with van der Waals surface area (Å²) in [6.07, 6.45) is 1.75. The highest BCUT2D eigenvalue weighted by Gasteiger charge is 2.28. The Morgan fingerprint density at radius 2 is 2.17 bits per heavy atom. The van der Waals surface area contributed by atoms with E-state index in [2.05, 4.69) is 20.3 Å². The molecule has 6 nitrogen and oxygen atoms in total. The van der Waals surface area contributed by atoms with E-state index in [-0.39, 0.29) is 11.3 Å². The topological polar surface area (TPSA) is 96.7 Å². The van der Waals surface area contributed by atoms with Gasteiger partial charge < -0.3 is 16.0 Å². The van der Waals surface area contributed by atoms with Gasteiger partial charge in [0.25, 0.3) is 0 Å². The number of thiazole rings is 1. The first kappa shape index (κ1) is 16.6. The van der Waals surface area contributed by atoms with Crippen molar-refractivity contribution >= 4 is 33.4 Å². The van der Waals surface area contributed by atoms with E-state index in [1.807, 2.05) is 45.2 Å². The maximum absolute atomic E-state index is 12.2. The number of rotatable bonds is 3. The number of hydrogen-bond donors (Lipinski definition) is 3. The molecule has 0 aliphatic rings. The van der Waals surface area contributed by atoms with Gasteiger partial charge in [-0.15, -0.1) is 11.3 Å². The molecule has 0 fully saturated rings. The standard InChI is InChI=1S/C17H21N5OS/c1-9-7-11-10(5-6-19-14(11)20-9)12-8-24-16(21-12)22-15(23)13(18)17(2,3)4/h5-8,13H,18H2,1-4H3,(H,19,20)(H,21,22,23)/t13-/m0/s1. The normalized spacial score (nSPS) is 13.2. The average molecular weight is 343 g/mol. The molecular formula is C17H21N5OS. The van der Waals surface area contributed by atoms with Gasteiger partial charge >= 0.3 is 0 Å². The molecule has 1 atom stereocenters. The molecule has 3 heterocycles. The first-order valence-electron chi connectivity index (χ1n) is 7.72. The summed E-state index contributed by atoms with van der Waals surface area (Å²) in [5.41, 5.74) is 9.36. The largest absolute Gasteiger partial charge is 0.344 e. The van der Waals surface area contributed by atoms with Crippen LogP contribution in [0.1, 0.15) is 26.5 Å². The van der Waals surface area contributed by atoms with E-state index in [0.29, 0.717) is 5.13 Å².